The molecule has 0 fully saturated rings. The van der Waals surface area contributed by atoms with Crippen LogP contribution in [-0.4, -0.2) is 27.0 Å². The number of aryl methyl sites for hydroxylation is 1. The van der Waals surface area contributed by atoms with Crippen LogP contribution in [0.1, 0.15) is 44.9 Å². The van der Waals surface area contributed by atoms with Crippen LogP contribution in [0.5, 0.6) is 5.88 Å². The first kappa shape index (κ1) is 20.1. The molecular formula is C23H25FN4O2. The fourth-order valence-corrected chi connectivity index (χ4v) is 4.25. The number of fused-ring (bicyclic) bond motifs is 1. The minimum absolute atomic E-state index is 0.314. The number of halogens is 1. The lowest BCUT2D eigenvalue weighted by atomic mass is 9.73. The van der Waals surface area contributed by atoms with E-state index in [1.165, 1.54) is 6.07 Å². The van der Waals surface area contributed by atoms with E-state index in [1.54, 1.807) is 24.3 Å². The van der Waals surface area contributed by atoms with E-state index in [-0.39, 0.29) is 11.2 Å². The summed E-state index contributed by atoms with van der Waals surface area (Å²) in [6.45, 7) is 6.86. The van der Waals surface area contributed by atoms with Gasteiger partial charge in [-0.25, -0.2) is 9.37 Å². The van der Waals surface area contributed by atoms with Gasteiger partial charge in [0.05, 0.1) is 35.6 Å². The number of methoxy groups -OCH3 is 1. The van der Waals surface area contributed by atoms with Crippen molar-refractivity contribution in [2.75, 3.05) is 7.11 Å². The van der Waals surface area contributed by atoms with Crippen molar-refractivity contribution in [3.05, 3.63) is 59.9 Å². The van der Waals surface area contributed by atoms with Gasteiger partial charge in [-0.05, 0) is 38.0 Å². The van der Waals surface area contributed by atoms with Crippen molar-refractivity contribution in [3.63, 3.8) is 0 Å². The highest BCUT2D eigenvalue weighted by Crippen LogP contribution is 2.42. The fourth-order valence-electron chi connectivity index (χ4n) is 4.25. The third-order valence-electron chi connectivity index (χ3n) is 6.01. The molecule has 3 aromatic heterocycles. The number of nitrogens with zero attached hydrogens (tertiary/aromatic N) is 4. The summed E-state index contributed by atoms with van der Waals surface area (Å²) in [6, 6.07) is 9.21. The summed E-state index contributed by atoms with van der Waals surface area (Å²) < 4.78 is 27.3. The van der Waals surface area contributed by atoms with E-state index in [4.69, 9.17) is 14.2 Å². The van der Waals surface area contributed by atoms with Crippen LogP contribution in [0.4, 0.5) is 4.39 Å². The van der Waals surface area contributed by atoms with Crippen LogP contribution >= 0.6 is 0 Å². The summed E-state index contributed by atoms with van der Waals surface area (Å²) in [5.74, 6) is 0.190. The lowest BCUT2D eigenvalue weighted by Crippen LogP contribution is -2.27. The van der Waals surface area contributed by atoms with Crippen molar-refractivity contribution in [2.45, 2.75) is 45.6 Å². The molecule has 156 valence electrons. The van der Waals surface area contributed by atoms with Crippen molar-refractivity contribution < 1.29 is 13.7 Å². The van der Waals surface area contributed by atoms with Gasteiger partial charge in [0.15, 0.2) is 0 Å². The largest absolute Gasteiger partial charge is 0.481 e. The fraction of sp³-hybridized carbons (Fsp3) is 0.348. The van der Waals surface area contributed by atoms with Crippen LogP contribution in [0, 0.1) is 5.82 Å². The third-order valence-corrected chi connectivity index (χ3v) is 6.01. The maximum atomic E-state index is 14.7. The Bertz CT molecular complexity index is 1160. The molecule has 0 amide bonds. The Balaban J connectivity index is 1.86. The number of benzene rings is 1. The zero-order chi connectivity index (χ0) is 21.3. The molecule has 0 atom stereocenters. The smallest absolute Gasteiger partial charge is 0.217 e. The Morgan fingerprint density at radius 3 is 2.57 bits per heavy atom. The summed E-state index contributed by atoms with van der Waals surface area (Å²) >= 11 is 0. The van der Waals surface area contributed by atoms with Gasteiger partial charge in [-0.2, -0.15) is 5.10 Å². The number of hydrogen-bond acceptors (Lipinski definition) is 5. The monoisotopic (exact) mass is 408 g/mol. The van der Waals surface area contributed by atoms with Crippen LogP contribution in [0.25, 0.3) is 22.2 Å². The Morgan fingerprint density at radius 2 is 1.93 bits per heavy atom. The number of ether oxygens (including phenoxy) is 1. The summed E-state index contributed by atoms with van der Waals surface area (Å²) in [6.07, 6.45) is 4.76. The summed E-state index contributed by atoms with van der Waals surface area (Å²) in [5.41, 5.74) is 3.48. The van der Waals surface area contributed by atoms with E-state index >= 15 is 0 Å². The lowest BCUT2D eigenvalue weighted by Gasteiger charge is -2.31. The van der Waals surface area contributed by atoms with Crippen LogP contribution in [0.2, 0.25) is 0 Å². The van der Waals surface area contributed by atoms with Gasteiger partial charge in [-0.3, -0.25) is 4.68 Å². The van der Waals surface area contributed by atoms with Crippen LogP contribution < -0.4 is 4.74 Å². The molecule has 7 heteroatoms. The minimum atomic E-state index is -0.375. The van der Waals surface area contributed by atoms with E-state index in [2.05, 4.69) is 24.1 Å². The van der Waals surface area contributed by atoms with Gasteiger partial charge in [0, 0.05) is 29.2 Å². The first-order valence-electron chi connectivity index (χ1n) is 10.2. The molecule has 0 saturated carbocycles. The predicted molar refractivity (Wildman–Crippen MR) is 113 cm³/mol. The zero-order valence-electron chi connectivity index (χ0n) is 17.6. The molecule has 0 aliphatic rings. The van der Waals surface area contributed by atoms with Gasteiger partial charge in [0.1, 0.15) is 12.1 Å². The second-order valence-corrected chi connectivity index (χ2v) is 7.28. The topological polar surface area (TPSA) is 66.0 Å². The molecule has 0 radical (unpaired) electrons. The summed E-state index contributed by atoms with van der Waals surface area (Å²) in [7, 11) is 1.60. The summed E-state index contributed by atoms with van der Waals surface area (Å²) in [4.78, 5) is 4.74. The van der Waals surface area contributed by atoms with Crippen LogP contribution in [0.3, 0.4) is 0 Å². The summed E-state index contributed by atoms with van der Waals surface area (Å²) in [5, 5.41) is 8.97. The van der Waals surface area contributed by atoms with Crippen molar-refractivity contribution in [3.8, 4) is 17.1 Å². The highest BCUT2D eigenvalue weighted by atomic mass is 19.1. The first-order chi connectivity index (χ1) is 14.6. The van der Waals surface area contributed by atoms with Gasteiger partial charge in [-0.15, -0.1) is 0 Å². The molecule has 6 nitrogen and oxygen atoms in total. The van der Waals surface area contributed by atoms with Crippen molar-refractivity contribution in [1.82, 2.24) is 19.9 Å². The van der Waals surface area contributed by atoms with E-state index in [9.17, 15) is 4.39 Å². The highest BCUT2D eigenvalue weighted by Gasteiger charge is 2.36. The number of rotatable bonds is 7. The predicted octanol–water partition coefficient (Wildman–Crippen LogP) is 5.36. The van der Waals surface area contributed by atoms with E-state index < -0.39 is 0 Å². The number of aromatic nitrogens is 4. The zero-order valence-corrected chi connectivity index (χ0v) is 17.6. The highest BCUT2D eigenvalue weighted by molar-refractivity contribution is 5.84. The minimum Gasteiger partial charge on any atom is -0.481 e. The van der Waals surface area contributed by atoms with Crippen LogP contribution in [0.15, 0.2) is 47.3 Å². The normalized spacial score (nSPS) is 11.9. The lowest BCUT2D eigenvalue weighted by molar-refractivity contribution is 0.350. The maximum absolute atomic E-state index is 14.7. The molecule has 4 rings (SSSR count). The van der Waals surface area contributed by atoms with E-state index in [0.29, 0.717) is 29.1 Å². The average Bonchev–Trinajstić information content (AvgIpc) is 3.45. The number of hydrogen-bond donors (Lipinski definition) is 0. The van der Waals surface area contributed by atoms with E-state index in [0.717, 1.165) is 29.6 Å². The number of pyridine rings is 1. The molecule has 0 bridgehead atoms. The third kappa shape index (κ3) is 3.05. The Hall–Kier alpha value is -3.22. The average molecular weight is 408 g/mol. The van der Waals surface area contributed by atoms with Crippen molar-refractivity contribution >= 4 is 10.9 Å². The molecule has 30 heavy (non-hydrogen) atoms. The van der Waals surface area contributed by atoms with Crippen molar-refractivity contribution in [2.24, 2.45) is 0 Å². The molecule has 0 aliphatic carbocycles. The Kier molecular flexibility index (Phi) is 5.28. The molecule has 4 aromatic rings. The molecule has 3 heterocycles. The van der Waals surface area contributed by atoms with Gasteiger partial charge in [-0.1, -0.05) is 25.1 Å². The molecule has 1 aromatic carbocycles. The molecule has 0 saturated heterocycles. The Morgan fingerprint density at radius 1 is 1.13 bits per heavy atom. The SMILES string of the molecule is CCn1ncc2c(F)cc(-c3ccc(C(CC)(CC)c4ccon4)c(OC)n3)cc21. The van der Waals surface area contributed by atoms with Crippen molar-refractivity contribution in [1.29, 1.82) is 0 Å². The van der Waals surface area contributed by atoms with Gasteiger partial charge >= 0.3 is 0 Å². The van der Waals surface area contributed by atoms with E-state index in [1.807, 2.05) is 31.2 Å². The quantitative estimate of drug-likeness (QED) is 0.412. The second kappa shape index (κ2) is 7.89. The maximum Gasteiger partial charge on any atom is 0.217 e. The molecular weight excluding hydrogens is 383 g/mol. The van der Waals surface area contributed by atoms with Gasteiger partial charge in [0.2, 0.25) is 5.88 Å². The van der Waals surface area contributed by atoms with Gasteiger partial charge in [0.25, 0.3) is 0 Å². The second-order valence-electron chi connectivity index (χ2n) is 7.28. The Labute approximate surface area is 174 Å². The molecule has 0 aliphatic heterocycles. The first-order valence-corrected chi connectivity index (χ1v) is 10.2. The molecule has 0 N–H and O–H groups in total. The molecule has 0 unspecified atom stereocenters. The molecule has 0 spiro atoms. The standard InChI is InChI=1S/C23H25FN4O2/c1-5-23(6-2,21-10-11-30-27-21)17-8-9-19(26-22(17)29-4)15-12-18(24)16-14-25-28(7-3)20(16)13-15/h8-14H,5-7H2,1-4H3. The van der Waals surface area contributed by atoms with Gasteiger partial charge < -0.3 is 9.26 Å². The van der Waals surface area contributed by atoms with Crippen LogP contribution in [-0.2, 0) is 12.0 Å².